The minimum atomic E-state index is 0.672. The number of allylic oxidation sites excluding steroid dienone is 4. The van der Waals surface area contributed by atoms with Crippen LogP contribution in [0.25, 0.3) is 0 Å². The molecule has 0 nitrogen and oxygen atoms in total. The molecule has 0 aliphatic carbocycles. The van der Waals surface area contributed by atoms with Crippen molar-refractivity contribution in [2.45, 2.75) is 34.1 Å². The van der Waals surface area contributed by atoms with Gasteiger partial charge in [-0.25, -0.2) is 0 Å². The molecule has 0 aromatic carbocycles. The molecule has 0 radical (unpaired) electrons. The lowest BCUT2D eigenvalue weighted by molar-refractivity contribution is 0.818. The average Bonchev–Trinajstić information content (AvgIpc) is 1.86. The maximum Gasteiger partial charge on any atom is -0.0285 e. The largest absolute Gasteiger partial charge is 0.0874 e. The van der Waals surface area contributed by atoms with Gasteiger partial charge in [0.05, 0.1) is 0 Å². The summed E-state index contributed by atoms with van der Waals surface area (Å²) in [6, 6.07) is 0. The second-order valence-electron chi connectivity index (χ2n) is 2.84. The third-order valence-electron chi connectivity index (χ3n) is 1.34. The zero-order valence-corrected chi connectivity index (χ0v) is 7.52. The van der Waals surface area contributed by atoms with Gasteiger partial charge >= 0.3 is 0 Å². The molecule has 0 rings (SSSR count). The Morgan fingerprint density at radius 2 is 2.00 bits per heavy atom. The highest BCUT2D eigenvalue weighted by Gasteiger charge is 1.89. The first-order valence-electron chi connectivity index (χ1n) is 4.04. The van der Waals surface area contributed by atoms with Gasteiger partial charge in [-0.3, -0.25) is 0 Å². The minimum Gasteiger partial charge on any atom is -0.0874 e. The Balaban J connectivity index is 4.04. The fourth-order valence-electron chi connectivity index (χ4n) is 0.933. The molecule has 0 heteroatoms. The fourth-order valence-corrected chi connectivity index (χ4v) is 0.933. The predicted molar refractivity (Wildman–Crippen MR) is 48.0 cm³/mol. The molecule has 0 heterocycles. The van der Waals surface area contributed by atoms with E-state index in [4.69, 9.17) is 0 Å². The molecule has 0 aliphatic rings. The number of hydrogen-bond donors (Lipinski definition) is 0. The number of hydrogen-bond acceptors (Lipinski definition) is 0. The zero-order valence-electron chi connectivity index (χ0n) is 7.52. The minimum absolute atomic E-state index is 0.672. The van der Waals surface area contributed by atoms with E-state index in [1.807, 2.05) is 0 Å². The van der Waals surface area contributed by atoms with Gasteiger partial charge in [0, 0.05) is 0 Å². The molecular formula is C10H18. The zero-order chi connectivity index (χ0) is 7.98. The summed E-state index contributed by atoms with van der Waals surface area (Å²) in [5, 5.41) is 0. The van der Waals surface area contributed by atoms with Crippen molar-refractivity contribution >= 4 is 0 Å². The normalized spacial score (nSPS) is 13.5. The Morgan fingerprint density at radius 1 is 1.40 bits per heavy atom. The Kier molecular flexibility index (Phi) is 5.00. The van der Waals surface area contributed by atoms with Crippen molar-refractivity contribution in [1.29, 1.82) is 0 Å². The first-order valence-corrected chi connectivity index (χ1v) is 4.04. The van der Waals surface area contributed by atoms with E-state index in [1.165, 1.54) is 5.57 Å². The molecule has 0 atom stereocenters. The lowest BCUT2D eigenvalue weighted by Gasteiger charge is -1.99. The van der Waals surface area contributed by atoms with E-state index >= 15 is 0 Å². The Bertz CT molecular complexity index is 127. The first kappa shape index (κ1) is 9.48. The lowest BCUT2D eigenvalue weighted by Crippen LogP contribution is -1.82. The fraction of sp³-hybridized carbons (Fsp3) is 0.600. The van der Waals surface area contributed by atoms with Crippen molar-refractivity contribution < 1.29 is 0 Å². The Morgan fingerprint density at radius 3 is 2.30 bits per heavy atom. The van der Waals surface area contributed by atoms with Gasteiger partial charge in [-0.1, -0.05) is 44.6 Å². The molecule has 0 aromatic rings. The van der Waals surface area contributed by atoms with Gasteiger partial charge in [0.1, 0.15) is 0 Å². The Labute approximate surface area is 64.6 Å². The predicted octanol–water partition coefficient (Wildman–Crippen LogP) is 3.55. The molecular weight excluding hydrogens is 120 g/mol. The van der Waals surface area contributed by atoms with Crippen molar-refractivity contribution in [2.75, 3.05) is 0 Å². The summed E-state index contributed by atoms with van der Waals surface area (Å²) >= 11 is 0. The van der Waals surface area contributed by atoms with Crippen LogP contribution in [-0.2, 0) is 0 Å². The van der Waals surface area contributed by atoms with Gasteiger partial charge in [0.2, 0.25) is 0 Å². The van der Waals surface area contributed by atoms with Crippen LogP contribution in [0.3, 0.4) is 0 Å². The van der Waals surface area contributed by atoms with E-state index in [0.717, 1.165) is 6.42 Å². The molecule has 0 N–H and O–H groups in total. The van der Waals surface area contributed by atoms with Crippen LogP contribution in [0.15, 0.2) is 23.8 Å². The van der Waals surface area contributed by atoms with Crippen LogP contribution >= 0.6 is 0 Å². The Hall–Kier alpha value is -0.520. The highest BCUT2D eigenvalue weighted by Crippen LogP contribution is 2.07. The van der Waals surface area contributed by atoms with Crippen LogP contribution in [-0.4, -0.2) is 0 Å². The summed E-state index contributed by atoms with van der Waals surface area (Å²) in [6.45, 7) is 8.66. The highest BCUT2D eigenvalue weighted by atomic mass is 14.0. The van der Waals surface area contributed by atoms with Crippen molar-refractivity contribution in [3.8, 4) is 0 Å². The van der Waals surface area contributed by atoms with E-state index in [2.05, 4.69) is 45.9 Å². The molecule has 0 unspecified atom stereocenters. The summed E-state index contributed by atoms with van der Waals surface area (Å²) in [4.78, 5) is 0. The summed E-state index contributed by atoms with van der Waals surface area (Å²) in [5.41, 5.74) is 1.44. The standard InChI is InChI=1S/C10H18/c1-5-7-10(6-2)8-9(3)4/h5,7-9H,6H2,1-4H3. The van der Waals surface area contributed by atoms with Crippen molar-refractivity contribution in [3.63, 3.8) is 0 Å². The SMILES string of the molecule is CC=CC(=CC(C)C)CC. The second-order valence-corrected chi connectivity index (χ2v) is 2.84. The maximum atomic E-state index is 2.31. The van der Waals surface area contributed by atoms with E-state index in [1.54, 1.807) is 0 Å². The van der Waals surface area contributed by atoms with E-state index in [0.29, 0.717) is 5.92 Å². The highest BCUT2D eigenvalue weighted by molar-refractivity contribution is 5.17. The van der Waals surface area contributed by atoms with Crippen molar-refractivity contribution in [2.24, 2.45) is 5.92 Å². The average molecular weight is 138 g/mol. The summed E-state index contributed by atoms with van der Waals surface area (Å²) in [7, 11) is 0. The topological polar surface area (TPSA) is 0 Å². The summed E-state index contributed by atoms with van der Waals surface area (Å²) in [6.07, 6.45) is 7.72. The molecule has 0 saturated carbocycles. The van der Waals surface area contributed by atoms with Crippen LogP contribution in [0.5, 0.6) is 0 Å². The van der Waals surface area contributed by atoms with Crippen LogP contribution < -0.4 is 0 Å². The van der Waals surface area contributed by atoms with Crippen LogP contribution in [0, 0.1) is 5.92 Å². The van der Waals surface area contributed by atoms with E-state index in [9.17, 15) is 0 Å². The van der Waals surface area contributed by atoms with Gasteiger partial charge in [0.15, 0.2) is 0 Å². The van der Waals surface area contributed by atoms with Crippen LogP contribution in [0.4, 0.5) is 0 Å². The third kappa shape index (κ3) is 4.37. The van der Waals surface area contributed by atoms with Gasteiger partial charge < -0.3 is 0 Å². The van der Waals surface area contributed by atoms with E-state index in [-0.39, 0.29) is 0 Å². The van der Waals surface area contributed by atoms with Crippen LogP contribution in [0.2, 0.25) is 0 Å². The van der Waals surface area contributed by atoms with Crippen molar-refractivity contribution in [3.05, 3.63) is 23.8 Å². The van der Waals surface area contributed by atoms with Gasteiger partial charge in [0.25, 0.3) is 0 Å². The number of rotatable bonds is 3. The summed E-state index contributed by atoms with van der Waals surface area (Å²) in [5.74, 6) is 0.672. The van der Waals surface area contributed by atoms with Crippen molar-refractivity contribution in [1.82, 2.24) is 0 Å². The third-order valence-corrected chi connectivity index (χ3v) is 1.34. The molecule has 0 aliphatic heterocycles. The van der Waals surface area contributed by atoms with Gasteiger partial charge in [-0.15, -0.1) is 0 Å². The monoisotopic (exact) mass is 138 g/mol. The second kappa shape index (κ2) is 5.28. The molecule has 0 saturated heterocycles. The lowest BCUT2D eigenvalue weighted by atomic mass is 10.1. The molecule has 0 bridgehead atoms. The summed E-state index contributed by atoms with van der Waals surface area (Å²) < 4.78 is 0. The molecule has 10 heavy (non-hydrogen) atoms. The smallest absolute Gasteiger partial charge is 0.0285 e. The molecule has 0 amide bonds. The molecule has 58 valence electrons. The first-order chi connectivity index (χ1) is 4.70. The van der Waals surface area contributed by atoms with Crippen LogP contribution in [0.1, 0.15) is 34.1 Å². The van der Waals surface area contributed by atoms with Gasteiger partial charge in [-0.05, 0) is 19.3 Å². The quantitative estimate of drug-likeness (QED) is 0.523. The maximum absolute atomic E-state index is 2.31. The molecule has 0 spiro atoms. The van der Waals surface area contributed by atoms with E-state index < -0.39 is 0 Å². The van der Waals surface area contributed by atoms with Gasteiger partial charge in [-0.2, -0.15) is 0 Å². The molecule has 0 aromatic heterocycles. The molecule has 0 fully saturated rings.